The summed E-state index contributed by atoms with van der Waals surface area (Å²) in [4.78, 5) is 2.44. The Morgan fingerprint density at radius 2 is 1.45 bits per heavy atom. The van der Waals surface area contributed by atoms with E-state index in [0.717, 1.165) is 45.3 Å². The molecule has 118 valence electrons. The van der Waals surface area contributed by atoms with E-state index in [-0.39, 0.29) is 0 Å². The second-order valence-corrected chi connectivity index (χ2v) is 7.87. The largest absolute Gasteiger partial charge is 0.304 e. The lowest BCUT2D eigenvalue weighted by atomic mass is 9.97. The molecule has 20 heavy (non-hydrogen) atoms. The fourth-order valence-electron chi connectivity index (χ4n) is 3.25. The molecule has 2 heterocycles. The molecule has 0 radical (unpaired) electrons. The SMILES string of the molecule is CCN(CC)CC1CCN(S(=O)(=O)N2CCCC2)CC1. The summed E-state index contributed by atoms with van der Waals surface area (Å²) in [7, 11) is -3.17. The molecule has 0 aromatic carbocycles. The topological polar surface area (TPSA) is 43.9 Å². The van der Waals surface area contributed by atoms with Gasteiger partial charge in [-0.2, -0.15) is 17.0 Å². The lowest BCUT2D eigenvalue weighted by Gasteiger charge is -2.35. The third-order valence-corrected chi connectivity index (χ3v) is 6.74. The zero-order valence-corrected chi connectivity index (χ0v) is 13.7. The number of hydrogen-bond donors (Lipinski definition) is 0. The van der Waals surface area contributed by atoms with Crippen molar-refractivity contribution in [3.05, 3.63) is 0 Å². The molecule has 0 aromatic heterocycles. The Kier molecular flexibility index (Phi) is 5.84. The average Bonchev–Trinajstić information content (AvgIpc) is 3.00. The van der Waals surface area contributed by atoms with Crippen molar-refractivity contribution in [2.75, 3.05) is 45.8 Å². The number of nitrogens with zero attached hydrogens (tertiary/aromatic N) is 3. The van der Waals surface area contributed by atoms with Crippen LogP contribution in [-0.4, -0.2) is 67.7 Å². The minimum Gasteiger partial charge on any atom is -0.304 e. The maximum atomic E-state index is 12.5. The molecule has 2 aliphatic heterocycles. The van der Waals surface area contributed by atoms with Gasteiger partial charge in [-0.15, -0.1) is 0 Å². The van der Waals surface area contributed by atoms with E-state index in [1.807, 2.05) is 0 Å². The molecule has 0 amide bonds. The molecule has 0 aliphatic carbocycles. The molecule has 0 aromatic rings. The molecule has 0 bridgehead atoms. The zero-order valence-electron chi connectivity index (χ0n) is 12.9. The molecule has 0 unspecified atom stereocenters. The summed E-state index contributed by atoms with van der Waals surface area (Å²) in [5.41, 5.74) is 0. The lowest BCUT2D eigenvalue weighted by Crippen LogP contribution is -2.47. The van der Waals surface area contributed by atoms with Crippen LogP contribution in [0, 0.1) is 5.92 Å². The number of rotatable bonds is 6. The molecule has 5 nitrogen and oxygen atoms in total. The van der Waals surface area contributed by atoms with Gasteiger partial charge in [0.05, 0.1) is 0 Å². The second kappa shape index (κ2) is 7.20. The van der Waals surface area contributed by atoms with Crippen LogP contribution in [0.25, 0.3) is 0 Å². The molecule has 0 atom stereocenters. The number of piperidine rings is 1. The van der Waals surface area contributed by atoms with E-state index < -0.39 is 10.2 Å². The first kappa shape index (κ1) is 16.2. The van der Waals surface area contributed by atoms with Crippen LogP contribution in [0.15, 0.2) is 0 Å². The third-order valence-electron chi connectivity index (χ3n) is 4.70. The Balaban J connectivity index is 1.84. The minimum atomic E-state index is -3.17. The molecular formula is C14H29N3O2S. The molecule has 6 heteroatoms. The first-order valence-corrected chi connectivity index (χ1v) is 9.45. The van der Waals surface area contributed by atoms with Crippen molar-refractivity contribution in [3.63, 3.8) is 0 Å². The first-order valence-electron chi connectivity index (χ1n) is 8.05. The van der Waals surface area contributed by atoms with Crippen molar-refractivity contribution in [2.45, 2.75) is 39.5 Å². The van der Waals surface area contributed by atoms with E-state index in [9.17, 15) is 8.42 Å². The van der Waals surface area contributed by atoms with Gasteiger partial charge < -0.3 is 4.90 Å². The van der Waals surface area contributed by atoms with E-state index in [4.69, 9.17) is 0 Å². The maximum Gasteiger partial charge on any atom is 0.281 e. The van der Waals surface area contributed by atoms with Crippen LogP contribution in [0.4, 0.5) is 0 Å². The minimum absolute atomic E-state index is 0.653. The Bertz CT molecular complexity index is 381. The monoisotopic (exact) mass is 303 g/mol. The molecule has 2 rings (SSSR count). The highest BCUT2D eigenvalue weighted by molar-refractivity contribution is 7.86. The van der Waals surface area contributed by atoms with Gasteiger partial charge in [0.15, 0.2) is 0 Å². The van der Waals surface area contributed by atoms with Crippen LogP contribution in [0.2, 0.25) is 0 Å². The van der Waals surface area contributed by atoms with E-state index in [1.165, 1.54) is 0 Å². The summed E-state index contributed by atoms with van der Waals surface area (Å²) in [5.74, 6) is 0.653. The summed E-state index contributed by atoms with van der Waals surface area (Å²) in [6.45, 7) is 10.5. The lowest BCUT2D eigenvalue weighted by molar-refractivity contribution is 0.189. The average molecular weight is 303 g/mol. The van der Waals surface area contributed by atoms with Gasteiger partial charge in [0, 0.05) is 32.7 Å². The van der Waals surface area contributed by atoms with Crippen molar-refractivity contribution in [2.24, 2.45) is 5.92 Å². The molecule has 2 fully saturated rings. The highest BCUT2D eigenvalue weighted by atomic mass is 32.2. The van der Waals surface area contributed by atoms with Gasteiger partial charge in [-0.05, 0) is 44.7 Å². The summed E-state index contributed by atoms with van der Waals surface area (Å²) < 4.78 is 28.3. The standard InChI is InChI=1S/C14H29N3O2S/c1-3-15(4-2)13-14-7-11-17(12-8-14)20(18,19)16-9-5-6-10-16/h14H,3-13H2,1-2H3. The highest BCUT2D eigenvalue weighted by Crippen LogP contribution is 2.24. The molecule has 2 aliphatic rings. The molecular weight excluding hydrogens is 274 g/mol. The first-order chi connectivity index (χ1) is 9.57. The van der Waals surface area contributed by atoms with Gasteiger partial charge in [-0.1, -0.05) is 13.8 Å². The fourth-order valence-corrected chi connectivity index (χ4v) is 4.97. The van der Waals surface area contributed by atoms with Crippen LogP contribution in [-0.2, 0) is 10.2 Å². The van der Waals surface area contributed by atoms with Crippen LogP contribution < -0.4 is 0 Å². The number of hydrogen-bond acceptors (Lipinski definition) is 3. The summed E-state index contributed by atoms with van der Waals surface area (Å²) in [6, 6.07) is 0. The van der Waals surface area contributed by atoms with E-state index in [1.54, 1.807) is 8.61 Å². The van der Waals surface area contributed by atoms with Crippen molar-refractivity contribution >= 4 is 10.2 Å². The van der Waals surface area contributed by atoms with Crippen LogP contribution in [0.5, 0.6) is 0 Å². The van der Waals surface area contributed by atoms with Crippen molar-refractivity contribution in [1.29, 1.82) is 0 Å². The molecule has 2 saturated heterocycles. The quantitative estimate of drug-likeness (QED) is 0.744. The van der Waals surface area contributed by atoms with Gasteiger partial charge >= 0.3 is 0 Å². The highest BCUT2D eigenvalue weighted by Gasteiger charge is 2.34. The molecule has 0 spiro atoms. The second-order valence-electron chi connectivity index (χ2n) is 5.94. The normalized spacial score (nSPS) is 23.8. The Morgan fingerprint density at radius 3 is 1.95 bits per heavy atom. The van der Waals surface area contributed by atoms with E-state index in [2.05, 4.69) is 18.7 Å². The van der Waals surface area contributed by atoms with Crippen LogP contribution in [0.3, 0.4) is 0 Å². The van der Waals surface area contributed by atoms with E-state index in [0.29, 0.717) is 32.1 Å². The predicted octanol–water partition coefficient (Wildman–Crippen LogP) is 1.38. The van der Waals surface area contributed by atoms with Crippen molar-refractivity contribution in [1.82, 2.24) is 13.5 Å². The van der Waals surface area contributed by atoms with Gasteiger partial charge in [0.2, 0.25) is 0 Å². The molecule has 0 N–H and O–H groups in total. The maximum absolute atomic E-state index is 12.5. The van der Waals surface area contributed by atoms with Crippen LogP contribution >= 0.6 is 0 Å². The zero-order chi connectivity index (χ0) is 14.6. The summed E-state index contributed by atoms with van der Waals surface area (Å²) in [5, 5.41) is 0. The third kappa shape index (κ3) is 3.72. The van der Waals surface area contributed by atoms with Gasteiger partial charge in [-0.3, -0.25) is 0 Å². The van der Waals surface area contributed by atoms with E-state index >= 15 is 0 Å². The van der Waals surface area contributed by atoms with Gasteiger partial charge in [-0.25, -0.2) is 0 Å². The van der Waals surface area contributed by atoms with Gasteiger partial charge in [0.25, 0.3) is 10.2 Å². The van der Waals surface area contributed by atoms with Crippen LogP contribution in [0.1, 0.15) is 39.5 Å². The Morgan fingerprint density at radius 1 is 0.950 bits per heavy atom. The fraction of sp³-hybridized carbons (Fsp3) is 1.00. The van der Waals surface area contributed by atoms with Crippen molar-refractivity contribution in [3.8, 4) is 0 Å². The summed E-state index contributed by atoms with van der Waals surface area (Å²) in [6.07, 6.45) is 4.03. The van der Waals surface area contributed by atoms with Crippen molar-refractivity contribution < 1.29 is 8.42 Å². The molecule has 0 saturated carbocycles. The Hall–Kier alpha value is -0.170. The predicted molar refractivity (Wildman–Crippen MR) is 81.8 cm³/mol. The summed E-state index contributed by atoms with van der Waals surface area (Å²) >= 11 is 0. The smallest absolute Gasteiger partial charge is 0.281 e. The Labute approximate surface area is 124 Å². The van der Waals surface area contributed by atoms with Gasteiger partial charge in [0.1, 0.15) is 0 Å².